The van der Waals surface area contributed by atoms with Crippen molar-refractivity contribution in [1.82, 2.24) is 0 Å². The van der Waals surface area contributed by atoms with Gasteiger partial charge in [-0.2, -0.15) is 0 Å². The average Bonchev–Trinajstić information content (AvgIpc) is 2.53. The molecule has 5 heteroatoms. The van der Waals surface area contributed by atoms with E-state index < -0.39 is 0 Å². The predicted octanol–water partition coefficient (Wildman–Crippen LogP) is 2.76. The molecule has 0 radical (unpaired) electrons. The van der Waals surface area contributed by atoms with Crippen molar-refractivity contribution >= 4 is 23.2 Å². The van der Waals surface area contributed by atoms with E-state index >= 15 is 0 Å². The second-order valence-corrected chi connectivity index (χ2v) is 6.69. The molecule has 1 fully saturated rings. The lowest BCUT2D eigenvalue weighted by molar-refractivity contribution is -0.122. The number of nitrogens with zero attached hydrogens (tertiary/aromatic N) is 1. The fourth-order valence-electron chi connectivity index (χ4n) is 2.85. The first kappa shape index (κ1) is 17.3. The highest BCUT2D eigenvalue weighted by molar-refractivity contribution is 5.91. The predicted molar refractivity (Wildman–Crippen MR) is 93.3 cm³/mol. The molecule has 0 aliphatic carbocycles. The van der Waals surface area contributed by atoms with E-state index in [1.807, 2.05) is 24.3 Å². The van der Waals surface area contributed by atoms with Crippen LogP contribution in [0.2, 0.25) is 0 Å². The molecule has 1 aliphatic rings. The molecule has 0 aromatic heterocycles. The molecule has 126 valence electrons. The number of hydrogen-bond acceptors (Lipinski definition) is 3. The molecule has 23 heavy (non-hydrogen) atoms. The first-order valence-corrected chi connectivity index (χ1v) is 8.40. The molecule has 0 saturated carbocycles. The smallest absolute Gasteiger partial charge is 0.224 e. The van der Waals surface area contributed by atoms with Gasteiger partial charge in [0.2, 0.25) is 11.8 Å². The number of piperidine rings is 1. The molecule has 2 rings (SSSR count). The molecule has 1 aromatic carbocycles. The van der Waals surface area contributed by atoms with Gasteiger partial charge in [-0.3, -0.25) is 9.59 Å². The Labute approximate surface area is 138 Å². The van der Waals surface area contributed by atoms with Gasteiger partial charge in [-0.15, -0.1) is 0 Å². The lowest BCUT2D eigenvalue weighted by Crippen LogP contribution is -2.38. The van der Waals surface area contributed by atoms with E-state index in [0.717, 1.165) is 43.7 Å². The number of carbonyl (C=O) groups excluding carboxylic acids is 2. The lowest BCUT2D eigenvalue weighted by atomic mass is 9.96. The van der Waals surface area contributed by atoms with Crippen molar-refractivity contribution in [2.75, 3.05) is 23.3 Å². The quantitative estimate of drug-likeness (QED) is 0.847. The Morgan fingerprint density at radius 2 is 2.00 bits per heavy atom. The number of anilines is 2. The molecular formula is C18H27N3O2. The Balaban J connectivity index is 1.92. The maximum Gasteiger partial charge on any atom is 0.224 e. The molecule has 1 aromatic rings. The van der Waals surface area contributed by atoms with Crippen LogP contribution >= 0.6 is 0 Å². The third-order valence-electron chi connectivity index (χ3n) is 4.34. The number of nitrogens with one attached hydrogen (secondary N) is 1. The van der Waals surface area contributed by atoms with Crippen LogP contribution in [0.3, 0.4) is 0 Å². The summed E-state index contributed by atoms with van der Waals surface area (Å²) in [6, 6.07) is 7.90. The molecule has 5 nitrogen and oxygen atoms in total. The van der Waals surface area contributed by atoms with Crippen molar-refractivity contribution in [3.8, 4) is 0 Å². The Kier molecular flexibility index (Phi) is 6.02. The van der Waals surface area contributed by atoms with E-state index in [4.69, 9.17) is 5.73 Å². The first-order valence-electron chi connectivity index (χ1n) is 8.40. The molecule has 0 atom stereocenters. The first-order chi connectivity index (χ1) is 11.0. The summed E-state index contributed by atoms with van der Waals surface area (Å²) in [5, 5.41) is 2.96. The van der Waals surface area contributed by atoms with Crippen molar-refractivity contribution in [1.29, 1.82) is 0 Å². The van der Waals surface area contributed by atoms with Crippen LogP contribution in [0, 0.1) is 11.8 Å². The number of nitrogens with two attached hydrogens (primary N) is 1. The van der Waals surface area contributed by atoms with Gasteiger partial charge in [-0.05, 0) is 43.4 Å². The molecule has 1 heterocycles. The van der Waals surface area contributed by atoms with E-state index in [1.165, 1.54) is 0 Å². The molecule has 2 amide bonds. The van der Waals surface area contributed by atoms with Crippen molar-refractivity contribution in [2.45, 2.75) is 39.5 Å². The van der Waals surface area contributed by atoms with Gasteiger partial charge in [0.05, 0.1) is 0 Å². The van der Waals surface area contributed by atoms with Gasteiger partial charge in [0.15, 0.2) is 0 Å². The van der Waals surface area contributed by atoms with E-state index in [0.29, 0.717) is 12.3 Å². The number of amides is 2. The zero-order valence-electron chi connectivity index (χ0n) is 14.0. The third-order valence-corrected chi connectivity index (χ3v) is 4.34. The maximum absolute atomic E-state index is 11.9. The highest BCUT2D eigenvalue weighted by atomic mass is 16.2. The third kappa shape index (κ3) is 5.27. The molecule has 3 N–H and O–H groups in total. The highest BCUT2D eigenvalue weighted by Gasteiger charge is 2.23. The fourth-order valence-corrected chi connectivity index (χ4v) is 2.85. The van der Waals surface area contributed by atoms with Crippen LogP contribution in [0.5, 0.6) is 0 Å². The molecule has 0 spiro atoms. The topological polar surface area (TPSA) is 75.4 Å². The lowest BCUT2D eigenvalue weighted by Gasteiger charge is -2.32. The van der Waals surface area contributed by atoms with Gasteiger partial charge in [-0.1, -0.05) is 19.9 Å². The van der Waals surface area contributed by atoms with Crippen molar-refractivity contribution in [3.63, 3.8) is 0 Å². The maximum atomic E-state index is 11.9. The van der Waals surface area contributed by atoms with Crippen LogP contribution in [-0.2, 0) is 9.59 Å². The fraction of sp³-hybridized carbons (Fsp3) is 0.556. The van der Waals surface area contributed by atoms with Crippen LogP contribution < -0.4 is 16.0 Å². The van der Waals surface area contributed by atoms with Crippen molar-refractivity contribution < 1.29 is 9.59 Å². The molecule has 1 saturated heterocycles. The zero-order valence-corrected chi connectivity index (χ0v) is 14.0. The summed E-state index contributed by atoms with van der Waals surface area (Å²) in [4.78, 5) is 25.4. The number of rotatable bonds is 6. The van der Waals surface area contributed by atoms with E-state index in [1.54, 1.807) is 0 Å². The molecule has 0 unspecified atom stereocenters. The standard InChI is InChI=1S/C18H27N3O2/c1-13(2)6-7-17(22)20-15-4-3-5-16(12-15)21-10-8-14(9-11-21)18(19)23/h3-5,12-14H,6-11H2,1-2H3,(H2,19,23)(H,20,22). The van der Waals surface area contributed by atoms with Gasteiger partial charge in [0, 0.05) is 36.8 Å². The molecule has 1 aliphatic heterocycles. The van der Waals surface area contributed by atoms with Crippen LogP contribution in [0.15, 0.2) is 24.3 Å². The van der Waals surface area contributed by atoms with Crippen LogP contribution in [0.1, 0.15) is 39.5 Å². The highest BCUT2D eigenvalue weighted by Crippen LogP contribution is 2.25. The van der Waals surface area contributed by atoms with Crippen molar-refractivity contribution in [3.05, 3.63) is 24.3 Å². The van der Waals surface area contributed by atoms with Gasteiger partial charge < -0.3 is 16.0 Å². The summed E-state index contributed by atoms with van der Waals surface area (Å²) in [7, 11) is 0. The SMILES string of the molecule is CC(C)CCC(=O)Nc1cccc(N2CCC(C(N)=O)CC2)c1. The second-order valence-electron chi connectivity index (χ2n) is 6.69. The minimum Gasteiger partial charge on any atom is -0.371 e. The number of benzene rings is 1. The van der Waals surface area contributed by atoms with Gasteiger partial charge in [0.25, 0.3) is 0 Å². The Bertz CT molecular complexity index is 549. The summed E-state index contributed by atoms with van der Waals surface area (Å²) >= 11 is 0. The molecular weight excluding hydrogens is 290 g/mol. The second kappa shape index (κ2) is 7.99. The van der Waals surface area contributed by atoms with Gasteiger partial charge >= 0.3 is 0 Å². The summed E-state index contributed by atoms with van der Waals surface area (Å²) in [5.41, 5.74) is 7.28. The van der Waals surface area contributed by atoms with Crippen LogP contribution in [0.4, 0.5) is 11.4 Å². The Morgan fingerprint density at radius 1 is 1.30 bits per heavy atom. The zero-order chi connectivity index (χ0) is 16.8. The van der Waals surface area contributed by atoms with Gasteiger partial charge in [-0.25, -0.2) is 0 Å². The van der Waals surface area contributed by atoms with E-state index in [-0.39, 0.29) is 17.7 Å². The van der Waals surface area contributed by atoms with E-state index in [2.05, 4.69) is 24.1 Å². The number of carbonyl (C=O) groups is 2. The minimum absolute atomic E-state index is 0.00910. The number of hydrogen-bond donors (Lipinski definition) is 2. The summed E-state index contributed by atoms with van der Waals surface area (Å²) in [5.74, 6) is 0.378. The monoisotopic (exact) mass is 317 g/mol. The minimum atomic E-state index is -0.198. The summed E-state index contributed by atoms with van der Waals surface area (Å²) < 4.78 is 0. The summed E-state index contributed by atoms with van der Waals surface area (Å²) in [6.07, 6.45) is 3.03. The van der Waals surface area contributed by atoms with Crippen LogP contribution in [0.25, 0.3) is 0 Å². The van der Waals surface area contributed by atoms with Gasteiger partial charge in [0.1, 0.15) is 0 Å². The molecule has 0 bridgehead atoms. The average molecular weight is 317 g/mol. The van der Waals surface area contributed by atoms with Crippen molar-refractivity contribution in [2.24, 2.45) is 17.6 Å². The van der Waals surface area contributed by atoms with Crippen LogP contribution in [-0.4, -0.2) is 24.9 Å². The normalized spacial score (nSPS) is 15.7. The van der Waals surface area contributed by atoms with E-state index in [9.17, 15) is 9.59 Å². The Hall–Kier alpha value is -2.04. The number of primary amides is 1. The largest absolute Gasteiger partial charge is 0.371 e. The summed E-state index contributed by atoms with van der Waals surface area (Å²) in [6.45, 7) is 5.87. The Morgan fingerprint density at radius 3 is 2.61 bits per heavy atom.